The lowest BCUT2D eigenvalue weighted by Crippen LogP contribution is -2.55. The van der Waals surface area contributed by atoms with Crippen LogP contribution >= 0.6 is 0 Å². The van der Waals surface area contributed by atoms with E-state index in [1.807, 2.05) is 20.8 Å². The molecule has 0 aliphatic carbocycles. The molecule has 2 atom stereocenters. The maximum atomic E-state index is 9.17. The fourth-order valence-electron chi connectivity index (χ4n) is 2.14. The van der Waals surface area contributed by atoms with E-state index >= 15 is 0 Å². The molecule has 1 aliphatic rings. The summed E-state index contributed by atoms with van der Waals surface area (Å²) in [6.45, 7) is 8.27. The first-order valence-electron chi connectivity index (χ1n) is 5.69. The van der Waals surface area contributed by atoms with Gasteiger partial charge in [-0.05, 0) is 13.8 Å². The second-order valence-electron chi connectivity index (χ2n) is 5.23. The van der Waals surface area contributed by atoms with Crippen molar-refractivity contribution in [1.29, 1.82) is 5.41 Å². The van der Waals surface area contributed by atoms with Crippen LogP contribution in [0.15, 0.2) is 0 Å². The third kappa shape index (κ3) is 3.73. The van der Waals surface area contributed by atoms with Gasteiger partial charge in [-0.15, -0.1) is 0 Å². The predicted molar refractivity (Wildman–Crippen MR) is 63.6 cm³/mol. The van der Waals surface area contributed by atoms with Gasteiger partial charge in [0.1, 0.15) is 0 Å². The van der Waals surface area contributed by atoms with E-state index in [1.165, 1.54) is 0 Å². The van der Waals surface area contributed by atoms with Gasteiger partial charge in [0.25, 0.3) is 0 Å². The average Bonchev–Trinajstić information content (AvgIpc) is 2.14. The van der Waals surface area contributed by atoms with Crippen molar-refractivity contribution in [3.8, 4) is 0 Å². The molecule has 0 aromatic rings. The highest BCUT2D eigenvalue weighted by molar-refractivity contribution is 5.79. The summed E-state index contributed by atoms with van der Waals surface area (Å²) in [4.78, 5) is 2.20. The predicted octanol–water partition coefficient (Wildman–Crippen LogP) is 0.0302. The Morgan fingerprint density at radius 2 is 2.31 bits per heavy atom. The lowest BCUT2D eigenvalue weighted by Gasteiger charge is -2.43. The number of hydrogen-bond donors (Lipinski definition) is 3. The molecule has 94 valence electrons. The summed E-state index contributed by atoms with van der Waals surface area (Å²) in [6.07, 6.45) is -0.136. The lowest BCUT2D eigenvalue weighted by atomic mass is 10.0. The number of rotatable bonds is 4. The minimum Gasteiger partial charge on any atom is -0.394 e. The Balaban J connectivity index is 2.56. The van der Waals surface area contributed by atoms with Crippen LogP contribution in [0.4, 0.5) is 0 Å². The Morgan fingerprint density at radius 3 is 2.81 bits per heavy atom. The molecule has 0 aromatic carbocycles. The largest absolute Gasteiger partial charge is 0.394 e. The van der Waals surface area contributed by atoms with Crippen molar-refractivity contribution in [1.82, 2.24) is 4.90 Å². The average molecular weight is 229 g/mol. The maximum absolute atomic E-state index is 9.17. The molecule has 0 aromatic heterocycles. The Labute approximate surface area is 97.1 Å². The SMILES string of the molecule is CC(CN1CC(CO)OC(C)(C)C1)C(=N)N. The number of aliphatic hydroxyl groups is 1. The summed E-state index contributed by atoms with van der Waals surface area (Å²) in [6, 6.07) is 0. The van der Waals surface area contributed by atoms with Crippen molar-refractivity contribution in [2.45, 2.75) is 32.5 Å². The molecular formula is C11H23N3O2. The van der Waals surface area contributed by atoms with Gasteiger partial charge in [0, 0.05) is 25.6 Å². The second kappa shape index (κ2) is 5.12. The lowest BCUT2D eigenvalue weighted by molar-refractivity contribution is -0.149. The Kier molecular flexibility index (Phi) is 4.29. The number of nitrogens with zero attached hydrogens (tertiary/aromatic N) is 1. The molecule has 1 heterocycles. The Bertz CT molecular complexity index is 256. The molecule has 2 unspecified atom stereocenters. The van der Waals surface area contributed by atoms with Crippen LogP contribution in [-0.4, -0.2) is 53.8 Å². The van der Waals surface area contributed by atoms with Gasteiger partial charge in [0.15, 0.2) is 0 Å². The number of hydrogen-bond acceptors (Lipinski definition) is 4. The first kappa shape index (κ1) is 13.4. The van der Waals surface area contributed by atoms with Gasteiger partial charge < -0.3 is 15.6 Å². The molecule has 0 saturated carbocycles. The van der Waals surface area contributed by atoms with E-state index < -0.39 is 0 Å². The van der Waals surface area contributed by atoms with E-state index in [4.69, 9.17) is 21.0 Å². The highest BCUT2D eigenvalue weighted by Crippen LogP contribution is 2.21. The number of aliphatic hydroxyl groups excluding tert-OH is 1. The van der Waals surface area contributed by atoms with E-state index in [-0.39, 0.29) is 30.1 Å². The van der Waals surface area contributed by atoms with Gasteiger partial charge >= 0.3 is 0 Å². The second-order valence-corrected chi connectivity index (χ2v) is 5.23. The van der Waals surface area contributed by atoms with Crippen molar-refractivity contribution in [3.63, 3.8) is 0 Å². The number of amidine groups is 1. The number of nitrogens with two attached hydrogens (primary N) is 1. The summed E-state index contributed by atoms with van der Waals surface area (Å²) in [5.74, 6) is 0.262. The van der Waals surface area contributed by atoms with Crippen molar-refractivity contribution >= 4 is 5.84 Å². The van der Waals surface area contributed by atoms with Crippen LogP contribution in [0, 0.1) is 11.3 Å². The van der Waals surface area contributed by atoms with Crippen LogP contribution in [0.3, 0.4) is 0 Å². The van der Waals surface area contributed by atoms with Crippen LogP contribution in [0.5, 0.6) is 0 Å². The van der Waals surface area contributed by atoms with Crippen molar-refractivity contribution in [2.24, 2.45) is 11.7 Å². The van der Waals surface area contributed by atoms with Crippen LogP contribution in [0.2, 0.25) is 0 Å². The van der Waals surface area contributed by atoms with Crippen molar-refractivity contribution in [2.75, 3.05) is 26.2 Å². The molecule has 0 spiro atoms. The summed E-state index contributed by atoms with van der Waals surface area (Å²) >= 11 is 0. The molecule has 5 heteroatoms. The molecule has 1 fully saturated rings. The smallest absolute Gasteiger partial charge is 0.0947 e. The van der Waals surface area contributed by atoms with Gasteiger partial charge in [-0.2, -0.15) is 0 Å². The quantitative estimate of drug-likeness (QED) is 0.469. The minimum absolute atomic E-state index is 0.0361. The molecule has 4 N–H and O–H groups in total. The Morgan fingerprint density at radius 1 is 1.69 bits per heavy atom. The van der Waals surface area contributed by atoms with Gasteiger partial charge in [0.05, 0.1) is 24.1 Å². The maximum Gasteiger partial charge on any atom is 0.0947 e. The fourth-order valence-corrected chi connectivity index (χ4v) is 2.14. The van der Waals surface area contributed by atoms with Crippen molar-refractivity contribution in [3.05, 3.63) is 0 Å². The molecule has 1 saturated heterocycles. The zero-order valence-electron chi connectivity index (χ0n) is 10.4. The van der Waals surface area contributed by atoms with E-state index in [1.54, 1.807) is 0 Å². The van der Waals surface area contributed by atoms with Gasteiger partial charge in [-0.1, -0.05) is 6.92 Å². The summed E-state index contributed by atoms with van der Waals surface area (Å²) in [7, 11) is 0. The highest BCUT2D eigenvalue weighted by atomic mass is 16.5. The fraction of sp³-hybridized carbons (Fsp3) is 0.909. The molecule has 0 bridgehead atoms. The number of ether oxygens (including phenoxy) is 1. The van der Waals surface area contributed by atoms with E-state index in [9.17, 15) is 0 Å². The molecule has 0 radical (unpaired) electrons. The highest BCUT2D eigenvalue weighted by Gasteiger charge is 2.33. The first-order chi connectivity index (χ1) is 7.34. The molecule has 0 amide bonds. The zero-order chi connectivity index (χ0) is 12.3. The third-order valence-corrected chi connectivity index (χ3v) is 2.82. The summed E-state index contributed by atoms with van der Waals surface area (Å²) in [5, 5.41) is 16.5. The van der Waals surface area contributed by atoms with Gasteiger partial charge in [0.2, 0.25) is 0 Å². The van der Waals surface area contributed by atoms with E-state index in [2.05, 4.69) is 4.90 Å². The summed E-state index contributed by atoms with van der Waals surface area (Å²) in [5.41, 5.74) is 5.22. The number of morpholine rings is 1. The monoisotopic (exact) mass is 229 g/mol. The molecule has 5 nitrogen and oxygen atoms in total. The number of nitrogens with one attached hydrogen (secondary N) is 1. The standard InChI is InChI=1S/C11H23N3O2/c1-8(10(12)13)4-14-5-9(6-15)16-11(2,3)7-14/h8-9,15H,4-7H2,1-3H3,(H3,12,13). The minimum atomic E-state index is -0.248. The van der Waals surface area contributed by atoms with Crippen LogP contribution < -0.4 is 5.73 Å². The van der Waals surface area contributed by atoms with Crippen LogP contribution in [0.1, 0.15) is 20.8 Å². The first-order valence-corrected chi connectivity index (χ1v) is 5.69. The molecule has 1 rings (SSSR count). The van der Waals surface area contributed by atoms with E-state index in [0.717, 1.165) is 13.1 Å². The molecule has 16 heavy (non-hydrogen) atoms. The topological polar surface area (TPSA) is 82.6 Å². The van der Waals surface area contributed by atoms with Crippen molar-refractivity contribution < 1.29 is 9.84 Å². The van der Waals surface area contributed by atoms with E-state index in [0.29, 0.717) is 6.54 Å². The molecular weight excluding hydrogens is 206 g/mol. The van der Waals surface area contributed by atoms with Gasteiger partial charge in [-0.25, -0.2) is 0 Å². The third-order valence-electron chi connectivity index (χ3n) is 2.82. The zero-order valence-corrected chi connectivity index (χ0v) is 10.4. The van der Waals surface area contributed by atoms with Crippen LogP contribution in [-0.2, 0) is 4.74 Å². The molecule has 1 aliphatic heterocycles. The normalized spacial score (nSPS) is 27.6. The van der Waals surface area contributed by atoms with Crippen LogP contribution in [0.25, 0.3) is 0 Å². The summed E-state index contributed by atoms with van der Waals surface area (Å²) < 4.78 is 5.72. The Hall–Kier alpha value is -0.650. The van der Waals surface area contributed by atoms with Gasteiger partial charge in [-0.3, -0.25) is 10.3 Å².